The van der Waals surface area contributed by atoms with Gasteiger partial charge in [0.2, 0.25) is 5.91 Å². The molecule has 0 saturated carbocycles. The Bertz CT molecular complexity index is 915. The molecule has 0 radical (unpaired) electrons. The van der Waals surface area contributed by atoms with E-state index in [9.17, 15) is 14.4 Å². The van der Waals surface area contributed by atoms with E-state index in [0.29, 0.717) is 25.3 Å². The maximum atomic E-state index is 13.1. The van der Waals surface area contributed by atoms with Gasteiger partial charge in [0.15, 0.2) is 0 Å². The standard InChI is InChI=1S/C22H28N4O4/c1-22(2,3)17-13-16(24-21(29)30-14-15-7-5-4-6-8-15)19(25-17)20(28)26-11-9-18(27)23-10-12-26/h4-8,13,25H,9-12,14H2,1-3H3,(H,23,27)(H,24,29). The van der Waals surface area contributed by atoms with E-state index in [1.54, 1.807) is 11.0 Å². The van der Waals surface area contributed by atoms with Gasteiger partial charge in [0.05, 0.1) is 5.69 Å². The van der Waals surface area contributed by atoms with Crippen LogP contribution in [0.2, 0.25) is 0 Å². The highest BCUT2D eigenvalue weighted by atomic mass is 16.5. The zero-order chi connectivity index (χ0) is 21.7. The lowest BCUT2D eigenvalue weighted by Crippen LogP contribution is -2.35. The summed E-state index contributed by atoms with van der Waals surface area (Å²) in [7, 11) is 0. The van der Waals surface area contributed by atoms with Gasteiger partial charge in [0.1, 0.15) is 12.3 Å². The van der Waals surface area contributed by atoms with E-state index in [4.69, 9.17) is 4.74 Å². The van der Waals surface area contributed by atoms with Gasteiger partial charge in [0, 0.05) is 37.2 Å². The molecule has 1 aliphatic heterocycles. The number of nitrogens with zero attached hydrogens (tertiary/aromatic N) is 1. The summed E-state index contributed by atoms with van der Waals surface area (Å²) in [6, 6.07) is 11.1. The minimum Gasteiger partial charge on any atom is -0.444 e. The van der Waals surface area contributed by atoms with Gasteiger partial charge < -0.3 is 19.9 Å². The SMILES string of the molecule is CC(C)(C)c1cc(NC(=O)OCc2ccccc2)c(C(=O)N2CCNC(=O)CC2)[nH]1. The quantitative estimate of drug-likeness (QED) is 0.718. The second kappa shape index (κ2) is 9.02. The normalized spacial score (nSPS) is 14.6. The Balaban J connectivity index is 1.77. The van der Waals surface area contributed by atoms with Crippen LogP contribution >= 0.6 is 0 Å². The summed E-state index contributed by atoms with van der Waals surface area (Å²) in [6.07, 6.45) is -0.388. The van der Waals surface area contributed by atoms with Crippen LogP contribution in [0.3, 0.4) is 0 Å². The van der Waals surface area contributed by atoms with Crippen LogP contribution < -0.4 is 10.6 Å². The summed E-state index contributed by atoms with van der Waals surface area (Å²) in [5.74, 6) is -0.338. The number of hydrogen-bond donors (Lipinski definition) is 3. The average molecular weight is 412 g/mol. The first-order chi connectivity index (χ1) is 14.2. The van der Waals surface area contributed by atoms with E-state index in [1.165, 1.54) is 0 Å². The molecule has 3 amide bonds. The van der Waals surface area contributed by atoms with Crippen LogP contribution in [0.15, 0.2) is 36.4 Å². The lowest BCUT2D eigenvalue weighted by molar-refractivity contribution is -0.120. The number of aromatic amines is 1. The molecule has 1 aromatic heterocycles. The first-order valence-electron chi connectivity index (χ1n) is 10.0. The Hall–Kier alpha value is -3.29. The Kier molecular flexibility index (Phi) is 6.44. The van der Waals surface area contributed by atoms with E-state index >= 15 is 0 Å². The Labute approximate surface area is 176 Å². The monoisotopic (exact) mass is 412 g/mol. The van der Waals surface area contributed by atoms with E-state index in [-0.39, 0.29) is 36.0 Å². The molecule has 8 heteroatoms. The van der Waals surface area contributed by atoms with Crippen molar-refractivity contribution in [1.29, 1.82) is 0 Å². The van der Waals surface area contributed by atoms with Crippen LogP contribution in [0.1, 0.15) is 48.9 Å². The number of nitrogens with one attached hydrogen (secondary N) is 3. The van der Waals surface area contributed by atoms with Crippen LogP contribution in [0.25, 0.3) is 0 Å². The van der Waals surface area contributed by atoms with Crippen molar-refractivity contribution in [2.75, 3.05) is 25.0 Å². The summed E-state index contributed by atoms with van der Waals surface area (Å²) in [5.41, 5.74) is 2.08. The molecule has 3 rings (SSSR count). The van der Waals surface area contributed by atoms with Crippen molar-refractivity contribution in [2.24, 2.45) is 0 Å². The molecular formula is C22H28N4O4. The lowest BCUT2D eigenvalue weighted by atomic mass is 9.92. The number of H-pyrrole nitrogens is 1. The summed E-state index contributed by atoms with van der Waals surface area (Å²) < 4.78 is 5.30. The van der Waals surface area contributed by atoms with Gasteiger partial charge in [-0.15, -0.1) is 0 Å². The van der Waals surface area contributed by atoms with E-state index in [0.717, 1.165) is 11.3 Å². The van der Waals surface area contributed by atoms with Crippen molar-refractivity contribution < 1.29 is 19.1 Å². The van der Waals surface area contributed by atoms with Crippen LogP contribution in [0.4, 0.5) is 10.5 Å². The largest absolute Gasteiger partial charge is 0.444 e. The predicted molar refractivity (Wildman–Crippen MR) is 113 cm³/mol. The number of carbonyl (C=O) groups excluding carboxylic acids is 3. The summed E-state index contributed by atoms with van der Waals surface area (Å²) >= 11 is 0. The second-order valence-corrected chi connectivity index (χ2v) is 8.30. The first kappa shape index (κ1) is 21.4. The van der Waals surface area contributed by atoms with Crippen molar-refractivity contribution >= 4 is 23.6 Å². The number of amides is 3. The van der Waals surface area contributed by atoms with Gasteiger partial charge in [-0.1, -0.05) is 51.1 Å². The number of carbonyl (C=O) groups is 3. The number of ether oxygens (including phenoxy) is 1. The average Bonchev–Trinajstić information content (AvgIpc) is 3.01. The van der Waals surface area contributed by atoms with E-state index < -0.39 is 6.09 Å². The third kappa shape index (κ3) is 5.40. The van der Waals surface area contributed by atoms with Crippen molar-refractivity contribution in [1.82, 2.24) is 15.2 Å². The van der Waals surface area contributed by atoms with Crippen LogP contribution in [-0.2, 0) is 21.6 Å². The highest BCUT2D eigenvalue weighted by Crippen LogP contribution is 2.28. The highest BCUT2D eigenvalue weighted by Gasteiger charge is 2.27. The van der Waals surface area contributed by atoms with Gasteiger partial charge in [-0.25, -0.2) is 4.79 Å². The number of benzene rings is 1. The van der Waals surface area contributed by atoms with Gasteiger partial charge in [-0.05, 0) is 11.6 Å². The van der Waals surface area contributed by atoms with Crippen LogP contribution in [0, 0.1) is 0 Å². The van der Waals surface area contributed by atoms with E-state index in [1.807, 2.05) is 51.1 Å². The van der Waals surface area contributed by atoms with Crippen molar-refractivity contribution in [3.05, 3.63) is 53.3 Å². The van der Waals surface area contributed by atoms with Gasteiger partial charge in [-0.2, -0.15) is 0 Å². The Morgan fingerprint density at radius 2 is 1.90 bits per heavy atom. The molecule has 8 nitrogen and oxygen atoms in total. The van der Waals surface area contributed by atoms with Crippen LogP contribution in [0.5, 0.6) is 0 Å². The summed E-state index contributed by atoms with van der Waals surface area (Å²) in [4.78, 5) is 41.9. The molecule has 160 valence electrons. The minimum absolute atomic E-state index is 0.0741. The molecule has 0 unspecified atom stereocenters. The molecule has 0 bridgehead atoms. The maximum absolute atomic E-state index is 13.1. The molecule has 1 saturated heterocycles. The molecule has 1 aliphatic rings. The third-order valence-electron chi connectivity index (χ3n) is 4.89. The second-order valence-electron chi connectivity index (χ2n) is 8.30. The molecule has 0 atom stereocenters. The molecule has 1 aromatic carbocycles. The van der Waals surface area contributed by atoms with Crippen LogP contribution in [-0.4, -0.2) is 47.4 Å². The van der Waals surface area contributed by atoms with Gasteiger partial charge in [0.25, 0.3) is 5.91 Å². The first-order valence-corrected chi connectivity index (χ1v) is 10.0. The maximum Gasteiger partial charge on any atom is 0.412 e. The van der Waals surface area contributed by atoms with Crippen molar-refractivity contribution in [3.8, 4) is 0 Å². The molecule has 3 N–H and O–H groups in total. The Morgan fingerprint density at radius 3 is 2.60 bits per heavy atom. The zero-order valence-corrected chi connectivity index (χ0v) is 17.6. The van der Waals surface area contributed by atoms with E-state index in [2.05, 4.69) is 15.6 Å². The molecule has 1 fully saturated rings. The number of hydrogen-bond acceptors (Lipinski definition) is 4. The molecule has 2 aromatic rings. The minimum atomic E-state index is -0.639. The fourth-order valence-corrected chi connectivity index (χ4v) is 3.12. The fourth-order valence-electron chi connectivity index (χ4n) is 3.12. The van der Waals surface area contributed by atoms with Crippen molar-refractivity contribution in [2.45, 2.75) is 39.2 Å². The van der Waals surface area contributed by atoms with Crippen molar-refractivity contribution in [3.63, 3.8) is 0 Å². The third-order valence-corrected chi connectivity index (χ3v) is 4.89. The molecule has 0 aliphatic carbocycles. The molecular weight excluding hydrogens is 384 g/mol. The van der Waals surface area contributed by atoms with Gasteiger partial charge in [-0.3, -0.25) is 14.9 Å². The Morgan fingerprint density at radius 1 is 1.17 bits per heavy atom. The van der Waals surface area contributed by atoms with Gasteiger partial charge >= 0.3 is 6.09 Å². The highest BCUT2D eigenvalue weighted by molar-refractivity contribution is 6.01. The molecule has 0 spiro atoms. The summed E-state index contributed by atoms with van der Waals surface area (Å²) in [5, 5.41) is 5.45. The lowest BCUT2D eigenvalue weighted by Gasteiger charge is -2.20. The predicted octanol–water partition coefficient (Wildman–Crippen LogP) is 3.02. The smallest absolute Gasteiger partial charge is 0.412 e. The molecule has 30 heavy (non-hydrogen) atoms. The number of aromatic nitrogens is 1. The fraction of sp³-hybridized carbons (Fsp3) is 0.409. The summed E-state index contributed by atoms with van der Waals surface area (Å²) in [6.45, 7) is 7.31. The zero-order valence-electron chi connectivity index (χ0n) is 17.6. The number of rotatable bonds is 4. The molecule has 2 heterocycles. The topological polar surface area (TPSA) is 104 Å². The number of anilines is 1.